The number of nitrogens with zero attached hydrogens (tertiary/aromatic N) is 1. The van der Waals surface area contributed by atoms with Crippen molar-refractivity contribution in [3.8, 4) is 0 Å². The molecule has 0 atom stereocenters. The summed E-state index contributed by atoms with van der Waals surface area (Å²) in [4.78, 5) is 3.92. The third-order valence-electron chi connectivity index (χ3n) is 3.46. The molecular formula is C17H22F4N2. The van der Waals surface area contributed by atoms with Crippen LogP contribution >= 0.6 is 0 Å². The number of aliphatic imine (C=N–C) groups is 1. The quantitative estimate of drug-likeness (QED) is 0.403. The first-order valence-corrected chi connectivity index (χ1v) is 7.62. The Labute approximate surface area is 134 Å². The van der Waals surface area contributed by atoms with Crippen LogP contribution in [0.5, 0.6) is 0 Å². The van der Waals surface area contributed by atoms with Crippen molar-refractivity contribution in [2.45, 2.75) is 52.1 Å². The molecule has 0 aliphatic heterocycles. The van der Waals surface area contributed by atoms with E-state index in [2.05, 4.69) is 4.99 Å². The Morgan fingerprint density at radius 3 is 2.43 bits per heavy atom. The van der Waals surface area contributed by atoms with E-state index >= 15 is 0 Å². The van der Waals surface area contributed by atoms with Crippen molar-refractivity contribution in [3.63, 3.8) is 0 Å². The highest BCUT2D eigenvalue weighted by molar-refractivity contribution is 5.81. The summed E-state index contributed by atoms with van der Waals surface area (Å²) in [7, 11) is 0. The standard InChI is InChI=1S/C17H22F4N2/c1-3-7-13(17(19,20)21)10-16(14(18)4-2)23-11-12-8-5-6-9-15(12)22/h4,7,10-11H,3,5-6,8-9,22H2,1-2H3/b13-7-,14-4+,16-10+,23-11?. The zero-order valence-electron chi connectivity index (χ0n) is 13.4. The van der Waals surface area contributed by atoms with Crippen LogP contribution in [0.15, 0.2) is 51.6 Å². The number of hydrogen-bond acceptors (Lipinski definition) is 2. The van der Waals surface area contributed by atoms with Gasteiger partial charge >= 0.3 is 6.18 Å². The van der Waals surface area contributed by atoms with E-state index in [0.717, 1.165) is 43.1 Å². The van der Waals surface area contributed by atoms with Gasteiger partial charge in [-0.05, 0) is 56.8 Å². The van der Waals surface area contributed by atoms with E-state index in [0.29, 0.717) is 12.1 Å². The zero-order valence-corrected chi connectivity index (χ0v) is 13.4. The van der Waals surface area contributed by atoms with E-state index in [1.165, 1.54) is 13.1 Å². The third kappa shape index (κ3) is 6.04. The van der Waals surface area contributed by atoms with Gasteiger partial charge < -0.3 is 5.73 Å². The molecule has 0 aromatic rings. The molecular weight excluding hydrogens is 308 g/mol. The number of nitrogens with two attached hydrogens (primary N) is 1. The molecule has 1 rings (SSSR count). The fourth-order valence-electron chi connectivity index (χ4n) is 2.19. The Hall–Kier alpha value is -1.85. The third-order valence-corrected chi connectivity index (χ3v) is 3.46. The summed E-state index contributed by atoms with van der Waals surface area (Å²) in [5.74, 6) is -0.803. The van der Waals surface area contributed by atoms with Crippen LogP contribution in [0.3, 0.4) is 0 Å². The van der Waals surface area contributed by atoms with Gasteiger partial charge in [-0.1, -0.05) is 13.0 Å². The Kier molecular flexibility index (Phi) is 7.26. The van der Waals surface area contributed by atoms with E-state index in [1.54, 1.807) is 6.92 Å². The van der Waals surface area contributed by atoms with Crippen molar-refractivity contribution in [1.82, 2.24) is 0 Å². The van der Waals surface area contributed by atoms with Crippen LogP contribution in [0, 0.1) is 0 Å². The Bertz CT molecular complexity index is 564. The minimum Gasteiger partial charge on any atom is -0.402 e. The van der Waals surface area contributed by atoms with Crippen molar-refractivity contribution < 1.29 is 17.6 Å². The van der Waals surface area contributed by atoms with Gasteiger partial charge in [-0.15, -0.1) is 0 Å². The molecule has 0 fully saturated rings. The topological polar surface area (TPSA) is 38.4 Å². The maximum absolute atomic E-state index is 13.9. The molecule has 2 nitrogen and oxygen atoms in total. The summed E-state index contributed by atoms with van der Waals surface area (Å²) >= 11 is 0. The fourth-order valence-corrected chi connectivity index (χ4v) is 2.19. The number of halogens is 4. The second kappa shape index (κ2) is 8.70. The lowest BCUT2D eigenvalue weighted by Crippen LogP contribution is -2.11. The van der Waals surface area contributed by atoms with Gasteiger partial charge in [-0.3, -0.25) is 4.99 Å². The van der Waals surface area contributed by atoms with Crippen LogP contribution in [-0.4, -0.2) is 12.4 Å². The van der Waals surface area contributed by atoms with Crippen LogP contribution in [0.1, 0.15) is 46.0 Å². The van der Waals surface area contributed by atoms with Crippen LogP contribution in [0.2, 0.25) is 0 Å². The second-order valence-corrected chi connectivity index (χ2v) is 5.25. The van der Waals surface area contributed by atoms with Crippen LogP contribution in [0.25, 0.3) is 0 Å². The van der Waals surface area contributed by atoms with E-state index in [4.69, 9.17) is 5.73 Å². The van der Waals surface area contributed by atoms with E-state index < -0.39 is 17.6 Å². The minimum atomic E-state index is -4.55. The van der Waals surface area contributed by atoms with E-state index in [9.17, 15) is 17.6 Å². The minimum absolute atomic E-state index is 0.192. The lowest BCUT2D eigenvalue weighted by Gasteiger charge is -2.14. The number of allylic oxidation sites excluding steroid dienone is 7. The van der Waals surface area contributed by atoms with Crippen LogP contribution in [-0.2, 0) is 0 Å². The normalized spacial score (nSPS) is 19.0. The van der Waals surface area contributed by atoms with Crippen LogP contribution < -0.4 is 5.73 Å². The molecule has 0 radical (unpaired) electrons. The van der Waals surface area contributed by atoms with E-state index in [-0.39, 0.29) is 12.1 Å². The van der Waals surface area contributed by atoms with Crippen LogP contribution in [0.4, 0.5) is 17.6 Å². The van der Waals surface area contributed by atoms with Gasteiger partial charge in [-0.2, -0.15) is 13.2 Å². The first-order valence-electron chi connectivity index (χ1n) is 7.62. The predicted octanol–water partition coefficient (Wildman–Crippen LogP) is 5.50. The average molecular weight is 330 g/mol. The number of alkyl halides is 3. The molecule has 0 spiro atoms. The molecule has 6 heteroatoms. The number of rotatable bonds is 5. The summed E-state index contributed by atoms with van der Waals surface area (Å²) in [6.45, 7) is 2.99. The van der Waals surface area contributed by atoms with Gasteiger partial charge in [0, 0.05) is 11.9 Å². The van der Waals surface area contributed by atoms with Crippen molar-refractivity contribution >= 4 is 6.21 Å². The average Bonchev–Trinajstić information content (AvgIpc) is 2.50. The van der Waals surface area contributed by atoms with Crippen molar-refractivity contribution in [2.24, 2.45) is 10.7 Å². The highest BCUT2D eigenvalue weighted by Gasteiger charge is 2.32. The SMILES string of the molecule is C\C=C(F)/C(=C\C(=C\CC)C(F)(F)F)N=CC1=C(N)CCCC1. The maximum Gasteiger partial charge on any atom is 0.416 e. The second-order valence-electron chi connectivity index (χ2n) is 5.25. The fraction of sp³-hybridized carbons (Fsp3) is 0.471. The predicted molar refractivity (Wildman–Crippen MR) is 85.6 cm³/mol. The summed E-state index contributed by atoms with van der Waals surface area (Å²) in [6, 6.07) is 0. The molecule has 128 valence electrons. The van der Waals surface area contributed by atoms with Crippen molar-refractivity contribution in [1.29, 1.82) is 0 Å². The van der Waals surface area contributed by atoms with Crippen molar-refractivity contribution in [3.05, 3.63) is 46.6 Å². The zero-order chi connectivity index (χ0) is 17.5. The lowest BCUT2D eigenvalue weighted by atomic mass is 9.97. The van der Waals surface area contributed by atoms with Gasteiger partial charge in [0.05, 0.1) is 11.3 Å². The molecule has 1 aliphatic rings. The lowest BCUT2D eigenvalue weighted by molar-refractivity contribution is -0.0884. The Morgan fingerprint density at radius 2 is 1.91 bits per heavy atom. The molecule has 0 saturated heterocycles. The highest BCUT2D eigenvalue weighted by Crippen LogP contribution is 2.30. The van der Waals surface area contributed by atoms with Gasteiger partial charge in [0.15, 0.2) is 0 Å². The first-order chi connectivity index (χ1) is 10.8. The van der Waals surface area contributed by atoms with Gasteiger partial charge in [-0.25, -0.2) is 4.39 Å². The van der Waals surface area contributed by atoms with Gasteiger partial charge in [0.2, 0.25) is 0 Å². The van der Waals surface area contributed by atoms with Gasteiger partial charge in [0.25, 0.3) is 0 Å². The smallest absolute Gasteiger partial charge is 0.402 e. The molecule has 0 bridgehead atoms. The Balaban J connectivity index is 3.20. The summed E-state index contributed by atoms with van der Waals surface area (Å²) in [5.41, 5.74) is 6.03. The molecule has 2 N–H and O–H groups in total. The summed E-state index contributed by atoms with van der Waals surface area (Å²) in [5, 5.41) is 0. The maximum atomic E-state index is 13.9. The molecule has 23 heavy (non-hydrogen) atoms. The molecule has 1 aliphatic carbocycles. The molecule has 0 unspecified atom stereocenters. The molecule has 0 amide bonds. The monoisotopic (exact) mass is 330 g/mol. The highest BCUT2D eigenvalue weighted by atomic mass is 19.4. The van der Waals surface area contributed by atoms with Gasteiger partial charge in [0.1, 0.15) is 5.83 Å². The molecule has 0 saturated carbocycles. The Morgan fingerprint density at radius 1 is 1.26 bits per heavy atom. The largest absolute Gasteiger partial charge is 0.416 e. The molecule has 0 aromatic heterocycles. The van der Waals surface area contributed by atoms with E-state index in [1.807, 2.05) is 0 Å². The number of hydrogen-bond donors (Lipinski definition) is 1. The molecule has 0 heterocycles. The van der Waals surface area contributed by atoms with Crippen molar-refractivity contribution in [2.75, 3.05) is 0 Å². The molecule has 0 aromatic carbocycles. The first kappa shape index (κ1) is 19.2. The summed E-state index contributed by atoms with van der Waals surface area (Å²) < 4.78 is 52.7. The summed E-state index contributed by atoms with van der Waals surface area (Å²) in [6.07, 6.45) is 3.20.